The zero-order valence-electron chi connectivity index (χ0n) is 15.4. The van der Waals surface area contributed by atoms with Crippen LogP contribution in [0.2, 0.25) is 0 Å². The molecule has 1 fully saturated rings. The Hall–Kier alpha value is -1.51. The molecule has 0 radical (unpaired) electrons. The van der Waals surface area contributed by atoms with Gasteiger partial charge in [0, 0.05) is 25.3 Å². The van der Waals surface area contributed by atoms with Gasteiger partial charge in [0.15, 0.2) is 15.0 Å². The van der Waals surface area contributed by atoms with Crippen LogP contribution in [0.4, 0.5) is 5.13 Å². The van der Waals surface area contributed by atoms with E-state index in [1.54, 1.807) is 23.1 Å². The van der Waals surface area contributed by atoms with Crippen molar-refractivity contribution in [2.45, 2.75) is 30.6 Å². The summed E-state index contributed by atoms with van der Waals surface area (Å²) in [6.45, 7) is 1.34. The summed E-state index contributed by atoms with van der Waals surface area (Å²) in [4.78, 5) is 21.8. The van der Waals surface area contributed by atoms with Gasteiger partial charge in [0.25, 0.3) is 0 Å². The molecule has 1 aliphatic rings. The highest BCUT2D eigenvalue weighted by molar-refractivity contribution is 7.90. The number of likely N-dealkylation sites (N-methyl/N-ethyl adjacent to an activating group) is 1. The van der Waals surface area contributed by atoms with Crippen LogP contribution in [0.3, 0.4) is 0 Å². The van der Waals surface area contributed by atoms with Gasteiger partial charge in [-0.15, -0.1) is 0 Å². The minimum absolute atomic E-state index is 0.0794. The number of rotatable bonds is 6. The Bertz CT molecular complexity index is 900. The second-order valence-electron chi connectivity index (χ2n) is 7.17. The van der Waals surface area contributed by atoms with Crippen LogP contribution in [-0.2, 0) is 14.6 Å². The highest BCUT2D eigenvalue weighted by atomic mass is 32.2. The van der Waals surface area contributed by atoms with Crippen LogP contribution < -0.4 is 4.90 Å². The SMILES string of the molecule is CN(C)CCN(C(=O)C1CCCC1)c1nc2ccc(S(C)(=O)=O)cc2s1. The first-order valence-corrected chi connectivity index (χ1v) is 11.5. The number of hydrogen-bond donors (Lipinski definition) is 0. The van der Waals surface area contributed by atoms with E-state index in [4.69, 9.17) is 0 Å². The molecule has 1 aromatic carbocycles. The number of anilines is 1. The monoisotopic (exact) mass is 395 g/mol. The van der Waals surface area contributed by atoms with Crippen molar-refractivity contribution in [3.05, 3.63) is 18.2 Å². The molecular weight excluding hydrogens is 370 g/mol. The van der Waals surface area contributed by atoms with Gasteiger partial charge in [0.2, 0.25) is 5.91 Å². The molecule has 1 amide bonds. The van der Waals surface area contributed by atoms with Gasteiger partial charge in [-0.2, -0.15) is 0 Å². The van der Waals surface area contributed by atoms with E-state index in [1.807, 2.05) is 19.0 Å². The van der Waals surface area contributed by atoms with Crippen LogP contribution in [0.25, 0.3) is 10.2 Å². The summed E-state index contributed by atoms with van der Waals surface area (Å²) in [5, 5.41) is 0.657. The summed E-state index contributed by atoms with van der Waals surface area (Å²) in [7, 11) is 0.698. The van der Waals surface area contributed by atoms with E-state index in [9.17, 15) is 13.2 Å². The fourth-order valence-electron chi connectivity index (χ4n) is 3.23. The van der Waals surface area contributed by atoms with E-state index in [0.29, 0.717) is 11.7 Å². The number of carbonyl (C=O) groups is 1. The molecule has 1 aliphatic carbocycles. The Morgan fingerprint density at radius 2 is 1.92 bits per heavy atom. The normalized spacial score (nSPS) is 15.8. The maximum absolute atomic E-state index is 13.0. The summed E-state index contributed by atoms with van der Waals surface area (Å²) in [5.74, 6) is 0.225. The lowest BCUT2D eigenvalue weighted by atomic mass is 10.1. The Kier molecular flexibility index (Phi) is 5.64. The van der Waals surface area contributed by atoms with Crippen molar-refractivity contribution in [1.82, 2.24) is 9.88 Å². The second kappa shape index (κ2) is 7.62. The van der Waals surface area contributed by atoms with Crippen molar-refractivity contribution in [3.63, 3.8) is 0 Å². The summed E-state index contributed by atoms with van der Waals surface area (Å²) < 4.78 is 24.4. The van der Waals surface area contributed by atoms with Crippen molar-refractivity contribution >= 4 is 42.4 Å². The summed E-state index contributed by atoms with van der Waals surface area (Å²) in [6, 6.07) is 4.94. The molecule has 2 aromatic rings. The van der Waals surface area contributed by atoms with Gasteiger partial charge in [0.05, 0.1) is 15.1 Å². The molecule has 1 saturated carbocycles. The van der Waals surface area contributed by atoms with Crippen molar-refractivity contribution < 1.29 is 13.2 Å². The van der Waals surface area contributed by atoms with Gasteiger partial charge >= 0.3 is 0 Å². The minimum Gasteiger partial charge on any atom is -0.308 e. The maximum Gasteiger partial charge on any atom is 0.231 e. The number of hydrogen-bond acceptors (Lipinski definition) is 6. The van der Waals surface area contributed by atoms with E-state index in [2.05, 4.69) is 4.98 Å². The molecule has 0 unspecified atom stereocenters. The van der Waals surface area contributed by atoms with E-state index in [0.717, 1.165) is 42.4 Å². The smallest absolute Gasteiger partial charge is 0.231 e. The largest absolute Gasteiger partial charge is 0.308 e. The number of nitrogens with zero attached hydrogens (tertiary/aromatic N) is 3. The number of carbonyl (C=O) groups excluding carboxylic acids is 1. The second-order valence-corrected chi connectivity index (χ2v) is 10.2. The van der Waals surface area contributed by atoms with Crippen LogP contribution in [0.5, 0.6) is 0 Å². The number of benzene rings is 1. The first-order valence-electron chi connectivity index (χ1n) is 8.82. The van der Waals surface area contributed by atoms with Gasteiger partial charge in [0.1, 0.15) is 0 Å². The van der Waals surface area contributed by atoms with Crippen LogP contribution in [0.1, 0.15) is 25.7 Å². The third-order valence-electron chi connectivity index (χ3n) is 4.75. The molecule has 0 spiro atoms. The molecule has 0 N–H and O–H groups in total. The molecule has 0 aliphatic heterocycles. The maximum atomic E-state index is 13.0. The van der Waals surface area contributed by atoms with Crippen molar-refractivity contribution in [2.75, 3.05) is 38.3 Å². The predicted molar refractivity (Wildman–Crippen MR) is 106 cm³/mol. The molecule has 8 heteroatoms. The van der Waals surface area contributed by atoms with Gasteiger partial charge in [-0.1, -0.05) is 24.2 Å². The lowest BCUT2D eigenvalue weighted by Gasteiger charge is -2.24. The quantitative estimate of drug-likeness (QED) is 0.752. The lowest BCUT2D eigenvalue weighted by molar-refractivity contribution is -0.122. The zero-order chi connectivity index (χ0) is 18.9. The lowest BCUT2D eigenvalue weighted by Crippen LogP contribution is -2.39. The van der Waals surface area contributed by atoms with E-state index < -0.39 is 9.84 Å². The van der Waals surface area contributed by atoms with Gasteiger partial charge < -0.3 is 4.90 Å². The minimum atomic E-state index is -3.26. The average Bonchev–Trinajstić information content (AvgIpc) is 3.22. The molecule has 26 heavy (non-hydrogen) atoms. The molecule has 1 heterocycles. The molecule has 3 rings (SSSR count). The standard InChI is InChI=1S/C18H25N3O3S2/c1-20(2)10-11-21(17(22)13-6-4-5-7-13)18-19-15-9-8-14(26(3,23)24)12-16(15)25-18/h8-9,12-13H,4-7,10-11H2,1-3H3. The number of thiazole rings is 1. The summed E-state index contributed by atoms with van der Waals surface area (Å²) >= 11 is 1.39. The number of amides is 1. The fraction of sp³-hybridized carbons (Fsp3) is 0.556. The Morgan fingerprint density at radius 3 is 2.54 bits per heavy atom. The molecule has 0 atom stereocenters. The highest BCUT2D eigenvalue weighted by Crippen LogP contribution is 2.33. The first kappa shape index (κ1) is 19.3. The molecule has 0 saturated heterocycles. The Labute approximate surface area is 158 Å². The van der Waals surface area contributed by atoms with E-state index >= 15 is 0 Å². The van der Waals surface area contributed by atoms with Gasteiger partial charge in [-0.3, -0.25) is 9.69 Å². The molecular formula is C18H25N3O3S2. The van der Waals surface area contributed by atoms with E-state index in [-0.39, 0.29) is 16.7 Å². The van der Waals surface area contributed by atoms with Crippen LogP contribution >= 0.6 is 11.3 Å². The highest BCUT2D eigenvalue weighted by Gasteiger charge is 2.29. The van der Waals surface area contributed by atoms with Gasteiger partial charge in [-0.05, 0) is 45.1 Å². The van der Waals surface area contributed by atoms with Crippen LogP contribution in [0.15, 0.2) is 23.1 Å². The van der Waals surface area contributed by atoms with Gasteiger partial charge in [-0.25, -0.2) is 13.4 Å². The predicted octanol–water partition coefficient (Wildman–Crippen LogP) is 2.78. The third kappa shape index (κ3) is 4.24. The van der Waals surface area contributed by atoms with E-state index in [1.165, 1.54) is 17.6 Å². The fourth-order valence-corrected chi connectivity index (χ4v) is 4.99. The van der Waals surface area contributed by atoms with Crippen LogP contribution in [-0.4, -0.2) is 57.6 Å². The summed E-state index contributed by atoms with van der Waals surface area (Å²) in [5.41, 5.74) is 0.728. The topological polar surface area (TPSA) is 70.6 Å². The van der Waals surface area contributed by atoms with Crippen molar-refractivity contribution in [3.8, 4) is 0 Å². The molecule has 6 nitrogen and oxygen atoms in total. The first-order chi connectivity index (χ1) is 12.3. The average molecular weight is 396 g/mol. The Morgan fingerprint density at radius 1 is 1.23 bits per heavy atom. The van der Waals surface area contributed by atoms with Crippen LogP contribution in [0, 0.1) is 5.92 Å². The zero-order valence-corrected chi connectivity index (χ0v) is 17.1. The Balaban J connectivity index is 1.95. The number of sulfone groups is 1. The number of aromatic nitrogens is 1. The summed E-state index contributed by atoms with van der Waals surface area (Å²) in [6.07, 6.45) is 5.30. The third-order valence-corrected chi connectivity index (χ3v) is 6.90. The van der Waals surface area contributed by atoms with Crippen molar-refractivity contribution in [1.29, 1.82) is 0 Å². The molecule has 0 bridgehead atoms. The van der Waals surface area contributed by atoms with Crippen molar-refractivity contribution in [2.24, 2.45) is 5.92 Å². The molecule has 1 aromatic heterocycles. The number of fused-ring (bicyclic) bond motifs is 1. The molecule has 142 valence electrons.